The summed E-state index contributed by atoms with van der Waals surface area (Å²) in [4.78, 5) is 25.1. The molecule has 0 spiro atoms. The van der Waals surface area contributed by atoms with Gasteiger partial charge in [-0.15, -0.1) is 0 Å². The molecule has 0 aliphatic carbocycles. The number of para-hydroxylation sites is 2. The van der Waals surface area contributed by atoms with Crippen LogP contribution in [0.25, 0.3) is 11.0 Å². The van der Waals surface area contributed by atoms with Crippen LogP contribution in [0.3, 0.4) is 0 Å². The number of aromatic nitrogens is 2. The van der Waals surface area contributed by atoms with Gasteiger partial charge in [-0.25, -0.2) is 18.4 Å². The molecule has 2 atom stereocenters. The summed E-state index contributed by atoms with van der Waals surface area (Å²) in [6, 6.07) is 7.30. The van der Waals surface area contributed by atoms with E-state index in [-0.39, 0.29) is 29.5 Å². The van der Waals surface area contributed by atoms with E-state index in [1.807, 2.05) is 31.2 Å². The molecule has 0 unspecified atom stereocenters. The summed E-state index contributed by atoms with van der Waals surface area (Å²) in [5, 5.41) is 0. The minimum absolute atomic E-state index is 0.0517. The summed E-state index contributed by atoms with van der Waals surface area (Å²) in [5.74, 6) is 0.0934. The number of carbonyl (C=O) groups excluding carboxylic acids is 1. The zero-order valence-electron chi connectivity index (χ0n) is 14.9. The Kier molecular flexibility index (Phi) is 4.19. The van der Waals surface area contributed by atoms with E-state index in [0.717, 1.165) is 22.4 Å². The van der Waals surface area contributed by atoms with Gasteiger partial charge in [0.25, 0.3) is 0 Å². The summed E-state index contributed by atoms with van der Waals surface area (Å²) < 4.78 is 24.4. The van der Waals surface area contributed by atoms with Crippen LogP contribution in [0.4, 0.5) is 0 Å². The Morgan fingerprint density at radius 2 is 1.77 bits per heavy atom. The predicted molar refractivity (Wildman–Crippen MR) is 98.3 cm³/mol. The Balaban J connectivity index is 1.64. The van der Waals surface area contributed by atoms with Crippen molar-refractivity contribution in [2.45, 2.75) is 32.5 Å². The molecule has 2 aromatic rings. The van der Waals surface area contributed by atoms with Gasteiger partial charge >= 0.3 is 0 Å². The first-order chi connectivity index (χ1) is 12.3. The Morgan fingerprint density at radius 3 is 2.46 bits per heavy atom. The normalized spacial score (nSPS) is 25.4. The zero-order chi connectivity index (χ0) is 18.5. The standard InChI is InChI=1S/C18H22N4O3S/c1-12-16(20-15-6-4-3-5-14(15)19-12)9-21-7-8-22(13(2)23)18-11-26(24,25)10-17(18)21/h3-6,17-18H,7-11H2,1-2H3/t17-,18+/m0/s1. The molecule has 0 saturated carbocycles. The molecule has 7 nitrogen and oxygen atoms in total. The van der Waals surface area contributed by atoms with E-state index in [9.17, 15) is 13.2 Å². The molecular formula is C18H22N4O3S. The fourth-order valence-electron chi connectivity index (χ4n) is 4.08. The number of amides is 1. The number of piperazine rings is 1. The van der Waals surface area contributed by atoms with E-state index in [2.05, 4.69) is 9.88 Å². The summed E-state index contributed by atoms with van der Waals surface area (Å²) in [7, 11) is -3.14. The molecule has 2 aliphatic heterocycles. The lowest BCUT2D eigenvalue weighted by Crippen LogP contribution is -2.59. The third kappa shape index (κ3) is 3.07. The monoisotopic (exact) mass is 374 g/mol. The highest BCUT2D eigenvalue weighted by molar-refractivity contribution is 7.91. The molecule has 0 radical (unpaired) electrons. The summed E-state index contributed by atoms with van der Waals surface area (Å²) in [5.41, 5.74) is 3.42. The molecule has 1 amide bonds. The Morgan fingerprint density at radius 1 is 1.12 bits per heavy atom. The van der Waals surface area contributed by atoms with Crippen LogP contribution in [0, 0.1) is 6.92 Å². The molecular weight excluding hydrogens is 352 g/mol. The van der Waals surface area contributed by atoms with Crippen molar-refractivity contribution >= 4 is 26.8 Å². The van der Waals surface area contributed by atoms with Gasteiger partial charge in [-0.05, 0) is 19.1 Å². The van der Waals surface area contributed by atoms with Gasteiger partial charge in [-0.1, -0.05) is 12.1 Å². The van der Waals surface area contributed by atoms with Crippen LogP contribution < -0.4 is 0 Å². The highest BCUT2D eigenvalue weighted by Crippen LogP contribution is 2.28. The van der Waals surface area contributed by atoms with Crippen LogP contribution >= 0.6 is 0 Å². The van der Waals surface area contributed by atoms with Gasteiger partial charge in [0.1, 0.15) is 0 Å². The van der Waals surface area contributed by atoms with Crippen molar-refractivity contribution in [2.24, 2.45) is 0 Å². The van der Waals surface area contributed by atoms with E-state index in [1.54, 1.807) is 4.90 Å². The predicted octanol–water partition coefficient (Wildman–Crippen LogP) is 0.768. The van der Waals surface area contributed by atoms with Crippen LogP contribution in [0.15, 0.2) is 24.3 Å². The fourth-order valence-corrected chi connectivity index (χ4v) is 6.09. The van der Waals surface area contributed by atoms with E-state index in [1.165, 1.54) is 6.92 Å². The van der Waals surface area contributed by atoms with E-state index in [0.29, 0.717) is 19.6 Å². The first-order valence-corrected chi connectivity index (χ1v) is 10.6. The van der Waals surface area contributed by atoms with Crippen molar-refractivity contribution < 1.29 is 13.2 Å². The highest BCUT2D eigenvalue weighted by atomic mass is 32.2. The minimum atomic E-state index is -3.14. The lowest BCUT2D eigenvalue weighted by molar-refractivity contribution is -0.134. The number of hydrogen-bond acceptors (Lipinski definition) is 6. The maximum atomic E-state index is 12.2. The van der Waals surface area contributed by atoms with Crippen molar-refractivity contribution in [3.8, 4) is 0 Å². The number of sulfone groups is 1. The quantitative estimate of drug-likeness (QED) is 0.772. The van der Waals surface area contributed by atoms with Gasteiger partial charge in [0.15, 0.2) is 9.84 Å². The van der Waals surface area contributed by atoms with Gasteiger partial charge in [0.2, 0.25) is 5.91 Å². The Hall–Kier alpha value is -2.06. The van der Waals surface area contributed by atoms with Crippen LogP contribution in [0.2, 0.25) is 0 Å². The lowest BCUT2D eigenvalue weighted by Gasteiger charge is -2.43. The van der Waals surface area contributed by atoms with Crippen molar-refractivity contribution in [3.63, 3.8) is 0 Å². The first kappa shape index (κ1) is 17.4. The minimum Gasteiger partial charge on any atom is -0.336 e. The highest BCUT2D eigenvalue weighted by Gasteiger charge is 2.47. The third-order valence-electron chi connectivity index (χ3n) is 5.39. The summed E-state index contributed by atoms with van der Waals surface area (Å²) in [6.07, 6.45) is 0. The third-order valence-corrected chi connectivity index (χ3v) is 7.09. The van der Waals surface area contributed by atoms with Crippen LogP contribution in [-0.4, -0.2) is 70.8 Å². The van der Waals surface area contributed by atoms with Gasteiger partial charge < -0.3 is 4.90 Å². The second kappa shape index (κ2) is 6.28. The molecule has 1 aromatic heterocycles. The van der Waals surface area contributed by atoms with Gasteiger partial charge in [-0.2, -0.15) is 0 Å². The molecule has 3 heterocycles. The number of carbonyl (C=O) groups is 1. The molecule has 2 saturated heterocycles. The number of benzene rings is 1. The fraction of sp³-hybridized carbons (Fsp3) is 0.500. The number of aryl methyl sites for hydroxylation is 1. The Labute approximate surface area is 152 Å². The molecule has 8 heteroatoms. The smallest absolute Gasteiger partial charge is 0.219 e. The number of nitrogens with zero attached hydrogens (tertiary/aromatic N) is 4. The topological polar surface area (TPSA) is 83.5 Å². The van der Waals surface area contributed by atoms with Crippen LogP contribution in [-0.2, 0) is 21.2 Å². The molecule has 2 aliphatic rings. The Bertz CT molecular complexity index is 976. The zero-order valence-corrected chi connectivity index (χ0v) is 15.7. The summed E-state index contributed by atoms with van der Waals surface area (Å²) in [6.45, 7) is 5.18. The maximum absolute atomic E-state index is 12.2. The number of fused-ring (bicyclic) bond motifs is 2. The molecule has 138 valence electrons. The van der Waals surface area contributed by atoms with E-state index in [4.69, 9.17) is 4.98 Å². The second-order valence-corrected chi connectivity index (χ2v) is 9.29. The number of hydrogen-bond donors (Lipinski definition) is 0. The average molecular weight is 374 g/mol. The average Bonchev–Trinajstić information content (AvgIpc) is 2.90. The van der Waals surface area contributed by atoms with Crippen LogP contribution in [0.5, 0.6) is 0 Å². The number of rotatable bonds is 2. The van der Waals surface area contributed by atoms with E-state index < -0.39 is 9.84 Å². The van der Waals surface area contributed by atoms with Crippen LogP contribution in [0.1, 0.15) is 18.3 Å². The molecule has 26 heavy (non-hydrogen) atoms. The molecule has 0 bridgehead atoms. The molecule has 0 N–H and O–H groups in total. The SMILES string of the molecule is CC(=O)N1CCN(Cc2nc3ccccc3nc2C)[C@H]2CS(=O)(=O)C[C@H]21. The molecule has 2 fully saturated rings. The van der Waals surface area contributed by atoms with Crippen molar-refractivity contribution in [1.82, 2.24) is 19.8 Å². The first-order valence-electron chi connectivity index (χ1n) is 8.78. The lowest BCUT2D eigenvalue weighted by atomic mass is 10.0. The van der Waals surface area contributed by atoms with Crippen molar-refractivity contribution in [2.75, 3.05) is 24.6 Å². The largest absolute Gasteiger partial charge is 0.336 e. The van der Waals surface area contributed by atoms with Crippen molar-refractivity contribution in [3.05, 3.63) is 35.7 Å². The summed E-state index contributed by atoms with van der Waals surface area (Å²) >= 11 is 0. The molecule has 4 rings (SSSR count). The second-order valence-electron chi connectivity index (χ2n) is 7.14. The van der Waals surface area contributed by atoms with Gasteiger partial charge in [-0.3, -0.25) is 9.69 Å². The maximum Gasteiger partial charge on any atom is 0.219 e. The molecule has 1 aromatic carbocycles. The van der Waals surface area contributed by atoms with Gasteiger partial charge in [0.05, 0.1) is 40.0 Å². The van der Waals surface area contributed by atoms with E-state index >= 15 is 0 Å². The van der Waals surface area contributed by atoms with Crippen molar-refractivity contribution in [1.29, 1.82) is 0 Å². The van der Waals surface area contributed by atoms with Gasteiger partial charge in [0, 0.05) is 32.6 Å².